The molecule has 0 atom stereocenters. The topological polar surface area (TPSA) is 232 Å². The molecule has 2 aromatic carbocycles. The van der Waals surface area contributed by atoms with E-state index in [9.17, 15) is 45.1 Å². The number of aromatic amines is 1. The molecule has 0 fully saturated rings. The summed E-state index contributed by atoms with van der Waals surface area (Å²) in [5, 5.41) is 7.53. The van der Waals surface area contributed by atoms with Crippen LogP contribution in [0, 0.1) is 0 Å². The Labute approximate surface area is 267 Å². The second kappa shape index (κ2) is 13.9. The van der Waals surface area contributed by atoms with Gasteiger partial charge in [-0.3, -0.25) is 28.6 Å². The normalized spacial score (nSPS) is 14.7. The van der Waals surface area contributed by atoms with Crippen LogP contribution in [0.4, 0.5) is 5.69 Å². The summed E-state index contributed by atoms with van der Waals surface area (Å²) < 4.78 is 75.1. The van der Waals surface area contributed by atoms with Crippen molar-refractivity contribution in [1.29, 1.82) is 0 Å². The Morgan fingerprint density at radius 1 is 0.872 bits per heavy atom. The lowest BCUT2D eigenvalue weighted by atomic mass is 10.1. The maximum absolute atomic E-state index is 13.2. The molecule has 1 aromatic heterocycles. The molecule has 1 amide bonds. The van der Waals surface area contributed by atoms with Gasteiger partial charge in [0.2, 0.25) is 5.88 Å². The average molecular weight is 687 g/mol. The fourth-order valence-electron chi connectivity index (χ4n) is 4.01. The largest absolute Gasteiger partial charge is 0.461 e. The van der Waals surface area contributed by atoms with E-state index >= 15 is 0 Å². The third kappa shape index (κ3) is 7.87. The molecule has 2 heterocycles. The highest BCUT2D eigenvalue weighted by molar-refractivity contribution is 7.86. The maximum Gasteiger partial charge on any atom is 0.359 e. The summed E-state index contributed by atoms with van der Waals surface area (Å²) in [6, 6.07) is 9.19. The zero-order chi connectivity index (χ0) is 34.5. The van der Waals surface area contributed by atoms with Crippen molar-refractivity contribution in [3.05, 3.63) is 94.3 Å². The van der Waals surface area contributed by atoms with Crippen LogP contribution < -0.4 is 15.3 Å². The lowest BCUT2D eigenvalue weighted by molar-refractivity contribution is -0.135. The molecule has 0 radical (unpaired) electrons. The Morgan fingerprint density at radius 2 is 1.45 bits per heavy atom. The van der Waals surface area contributed by atoms with E-state index < -0.39 is 53.4 Å². The predicted octanol–water partition coefficient (Wildman–Crippen LogP) is 2.44. The number of carbonyl (C=O) groups excluding carboxylic acids is 3. The monoisotopic (exact) mass is 686 g/mol. The summed E-state index contributed by atoms with van der Waals surface area (Å²) in [6.07, 6.45) is 6.69. The molecule has 0 aliphatic carbocycles. The van der Waals surface area contributed by atoms with Crippen molar-refractivity contribution in [3.63, 3.8) is 0 Å². The zero-order valence-corrected chi connectivity index (χ0v) is 26.2. The average Bonchev–Trinajstić information content (AvgIpc) is 3.51. The van der Waals surface area contributed by atoms with Gasteiger partial charge in [-0.05, 0) is 67.6 Å². The molecule has 1 aliphatic rings. The minimum Gasteiger partial charge on any atom is -0.461 e. The van der Waals surface area contributed by atoms with E-state index in [1.807, 2.05) is 0 Å². The van der Waals surface area contributed by atoms with E-state index in [0.717, 1.165) is 34.0 Å². The van der Waals surface area contributed by atoms with E-state index in [2.05, 4.69) is 10.2 Å². The Bertz CT molecular complexity index is 2120. The molecule has 0 saturated carbocycles. The number of aromatic nitrogens is 2. The van der Waals surface area contributed by atoms with Crippen LogP contribution in [0.25, 0.3) is 11.8 Å². The van der Waals surface area contributed by atoms with Crippen LogP contribution in [0.1, 0.15) is 25.8 Å². The molecule has 16 nitrogen and oxygen atoms in total. The summed E-state index contributed by atoms with van der Waals surface area (Å²) in [5.41, 5.74) is -0.993. The second-order valence-corrected chi connectivity index (χ2v) is 12.2. The Morgan fingerprint density at radius 3 is 1.98 bits per heavy atom. The van der Waals surface area contributed by atoms with Gasteiger partial charge in [-0.15, -0.1) is 0 Å². The van der Waals surface area contributed by atoms with Gasteiger partial charge in [0.05, 0.1) is 33.3 Å². The maximum atomic E-state index is 13.2. The van der Waals surface area contributed by atoms with Crippen molar-refractivity contribution in [1.82, 2.24) is 9.78 Å². The number of anilines is 1. The van der Waals surface area contributed by atoms with Crippen LogP contribution in [0.2, 0.25) is 0 Å². The highest BCUT2D eigenvalue weighted by Crippen LogP contribution is 2.26. The fraction of sp³-hybridized carbons (Fsp3) is 0.138. The molecule has 1 aliphatic heterocycles. The summed E-state index contributed by atoms with van der Waals surface area (Å²) >= 11 is 0. The first-order chi connectivity index (χ1) is 22.1. The van der Waals surface area contributed by atoms with Gasteiger partial charge in [-0.25, -0.2) is 9.48 Å². The number of allylic oxidation sites excluding steroid dienone is 4. The number of carbonyl (C=O) groups is 3. The minimum atomic E-state index is -4.48. The number of rotatable bonds is 11. The zero-order valence-electron chi connectivity index (χ0n) is 24.6. The van der Waals surface area contributed by atoms with E-state index in [4.69, 9.17) is 9.47 Å². The highest BCUT2D eigenvalue weighted by Gasteiger charge is 2.35. The summed E-state index contributed by atoms with van der Waals surface area (Å²) in [6.45, 7) is 3.10. The summed E-state index contributed by atoms with van der Waals surface area (Å²) in [4.78, 5) is 50.2. The first kappa shape index (κ1) is 34.4. The molecule has 18 heteroatoms. The summed E-state index contributed by atoms with van der Waals surface area (Å²) in [5.74, 6) is -2.50. The Kier molecular flexibility index (Phi) is 10.2. The van der Waals surface area contributed by atoms with Crippen molar-refractivity contribution < 1.29 is 49.8 Å². The Hall–Kier alpha value is -5.43. The van der Waals surface area contributed by atoms with E-state index in [-0.39, 0.29) is 47.1 Å². The SMILES string of the molecule is CCOC(=O)C1=NN(c2ccc(S(=O)(=O)O)cc2)C(=O)/C1=C\C=CC=Cc1c(OC(=O)CC)[nH]n(-c2ccc(S(=O)(=O)O)cc2)c1=O. The van der Waals surface area contributed by atoms with Crippen LogP contribution >= 0.6 is 0 Å². The van der Waals surface area contributed by atoms with Crippen LogP contribution in [-0.2, 0) is 39.4 Å². The quantitative estimate of drug-likeness (QED) is 0.114. The fourth-order valence-corrected chi connectivity index (χ4v) is 4.97. The number of nitrogens with zero attached hydrogens (tertiary/aromatic N) is 3. The molecule has 0 spiro atoms. The van der Waals surface area contributed by atoms with Crippen LogP contribution in [-0.4, -0.2) is 65.9 Å². The van der Waals surface area contributed by atoms with Gasteiger partial charge in [0.25, 0.3) is 31.7 Å². The number of hydrogen-bond donors (Lipinski definition) is 3. The van der Waals surface area contributed by atoms with Crippen LogP contribution in [0.15, 0.2) is 98.1 Å². The predicted molar refractivity (Wildman–Crippen MR) is 166 cm³/mol. The molecule has 0 bridgehead atoms. The van der Waals surface area contributed by atoms with E-state index in [0.29, 0.717) is 0 Å². The van der Waals surface area contributed by atoms with Gasteiger partial charge in [-0.1, -0.05) is 25.2 Å². The minimum absolute atomic E-state index is 0.00697. The molecule has 47 heavy (non-hydrogen) atoms. The lowest BCUT2D eigenvalue weighted by Gasteiger charge is -2.11. The number of hydrogen-bond acceptors (Lipinski definition) is 11. The molecule has 0 unspecified atom stereocenters. The third-order valence-corrected chi connectivity index (χ3v) is 8.00. The van der Waals surface area contributed by atoms with Gasteiger partial charge in [0.1, 0.15) is 5.56 Å². The third-order valence-electron chi connectivity index (χ3n) is 6.26. The number of nitrogens with one attached hydrogen (secondary N) is 1. The van der Waals surface area contributed by atoms with Crippen molar-refractivity contribution in [2.75, 3.05) is 11.6 Å². The van der Waals surface area contributed by atoms with Crippen LogP contribution in [0.3, 0.4) is 0 Å². The standard InChI is InChI=1S/C29H26N4O12S2/c1-3-24(34)45-26-23(28(36)33(31-26)19-12-16-21(17-13-19)47(41,42)43)9-7-5-6-8-22-25(29(37)44-4-2)30-32(27(22)35)18-10-14-20(15-11-18)46(38,39)40/h5-17,31H,3-4H2,1-2H3,(H,38,39,40)(H,41,42,43)/b6-5?,9-7?,22-8-. The molecule has 4 rings (SSSR count). The number of amides is 1. The highest BCUT2D eigenvalue weighted by atomic mass is 32.2. The smallest absolute Gasteiger partial charge is 0.359 e. The second-order valence-electron chi connectivity index (χ2n) is 9.37. The first-order valence-electron chi connectivity index (χ1n) is 13.5. The van der Waals surface area contributed by atoms with Gasteiger partial charge in [-0.2, -0.15) is 26.9 Å². The molecular formula is C29H26N4O12S2. The number of benzene rings is 2. The van der Waals surface area contributed by atoms with Crippen LogP contribution in [0.5, 0.6) is 5.88 Å². The van der Waals surface area contributed by atoms with Gasteiger partial charge in [0.15, 0.2) is 5.71 Å². The number of H-pyrrole nitrogens is 1. The molecular weight excluding hydrogens is 660 g/mol. The first-order valence-corrected chi connectivity index (χ1v) is 16.4. The van der Waals surface area contributed by atoms with E-state index in [1.165, 1.54) is 54.6 Å². The van der Waals surface area contributed by atoms with Crippen molar-refractivity contribution in [2.24, 2.45) is 5.10 Å². The number of esters is 2. The Balaban J connectivity index is 1.64. The van der Waals surface area contributed by atoms with Gasteiger partial charge < -0.3 is 9.47 Å². The molecule has 246 valence electrons. The molecule has 3 aromatic rings. The molecule has 0 saturated heterocycles. The van der Waals surface area contributed by atoms with Gasteiger partial charge in [0, 0.05) is 6.42 Å². The van der Waals surface area contributed by atoms with Crippen molar-refractivity contribution >= 4 is 55.6 Å². The summed E-state index contributed by atoms with van der Waals surface area (Å²) in [7, 11) is -8.96. The lowest BCUT2D eigenvalue weighted by Crippen LogP contribution is -2.22. The van der Waals surface area contributed by atoms with E-state index in [1.54, 1.807) is 13.8 Å². The van der Waals surface area contributed by atoms with Crippen molar-refractivity contribution in [2.45, 2.75) is 30.1 Å². The number of hydrazone groups is 1. The van der Waals surface area contributed by atoms with Crippen molar-refractivity contribution in [3.8, 4) is 11.6 Å². The number of ether oxygens (including phenoxy) is 2. The molecule has 3 N–H and O–H groups in total. The van der Waals surface area contributed by atoms with Gasteiger partial charge >= 0.3 is 11.9 Å².